The topological polar surface area (TPSA) is 17.1 Å². The van der Waals surface area contributed by atoms with Crippen LogP contribution in [0.15, 0.2) is 0 Å². The Balaban J connectivity index is 3.72. The van der Waals surface area contributed by atoms with Crippen molar-refractivity contribution in [3.05, 3.63) is 0 Å². The number of carbonyl (C=O) groups excluding carboxylic acids is 1. The fourth-order valence-electron chi connectivity index (χ4n) is 0.278. The molecule has 1 atom stereocenters. The van der Waals surface area contributed by atoms with Crippen LogP contribution < -0.4 is 0 Å². The quantitative estimate of drug-likeness (QED) is 0.555. The average Bonchev–Trinajstić information content (AvgIpc) is 1.64. The van der Waals surface area contributed by atoms with Crippen LogP contribution in [0.5, 0.6) is 0 Å². The van der Waals surface area contributed by atoms with E-state index in [1.54, 1.807) is 6.92 Å². The van der Waals surface area contributed by atoms with Crippen LogP contribution in [0.25, 0.3) is 0 Å². The Labute approximate surface area is 69.6 Å². The first kappa shape index (κ1) is 10.1. The van der Waals surface area contributed by atoms with Gasteiger partial charge in [-0.05, 0) is 0 Å². The molecule has 0 rings (SSSR count). The van der Waals surface area contributed by atoms with Crippen molar-refractivity contribution >= 4 is 46.8 Å². The van der Waals surface area contributed by atoms with E-state index in [4.69, 9.17) is 30.0 Å². The monoisotopic (exact) mass is 250 g/mol. The van der Waals surface area contributed by atoms with Gasteiger partial charge in [0.15, 0.2) is 0 Å². The molecule has 0 N–H and O–H groups in total. The van der Waals surface area contributed by atoms with Gasteiger partial charge in [0, 0.05) is 0 Å². The predicted octanol–water partition coefficient (Wildman–Crippen LogP) is 2.62. The predicted molar refractivity (Wildman–Crippen MR) is 43.4 cm³/mol. The summed E-state index contributed by atoms with van der Waals surface area (Å²) in [6, 6.07) is 0. The number of rotatable bonds is 3. The molecule has 0 saturated carbocycles. The molecule has 0 spiro atoms. The molecule has 0 aromatic heterocycles. The van der Waals surface area contributed by atoms with Gasteiger partial charge in [-0.1, -0.05) is 0 Å². The Morgan fingerprint density at radius 1 is 1.56 bits per heavy atom. The summed E-state index contributed by atoms with van der Waals surface area (Å²) in [6.07, 6.45) is 1.16. The third-order valence-corrected chi connectivity index (χ3v) is 9.65. The SMILES string of the molecule is C[CH](CC=O)[Ge]([Cl])([Cl])[Cl]. The zero-order valence-corrected chi connectivity index (χ0v) is 9.27. The summed E-state index contributed by atoms with van der Waals surface area (Å²) in [6.45, 7) is 1.79. The summed E-state index contributed by atoms with van der Waals surface area (Å²) in [7, 11) is 13.8. The van der Waals surface area contributed by atoms with Crippen molar-refractivity contribution in [2.24, 2.45) is 0 Å². The van der Waals surface area contributed by atoms with Gasteiger partial charge in [-0.3, -0.25) is 0 Å². The minimum atomic E-state index is -3.05. The number of halogens is 3. The van der Waals surface area contributed by atoms with Gasteiger partial charge in [-0.25, -0.2) is 0 Å². The molecular formula is C4H7Cl3GeO. The Hall–Kier alpha value is 1.08. The van der Waals surface area contributed by atoms with Gasteiger partial charge in [0.2, 0.25) is 0 Å². The van der Waals surface area contributed by atoms with Gasteiger partial charge in [0.25, 0.3) is 0 Å². The van der Waals surface area contributed by atoms with Crippen LogP contribution in [0.4, 0.5) is 0 Å². The number of hydrogen-bond acceptors (Lipinski definition) is 1. The Morgan fingerprint density at radius 3 is 2.11 bits per heavy atom. The first-order chi connectivity index (χ1) is 3.98. The fraction of sp³-hybridized carbons (Fsp3) is 0.750. The standard InChI is InChI=1S/C4H7Cl3GeO/c1-4(2-3-9)8(5,6)7/h3-4H,2H2,1H3. The van der Waals surface area contributed by atoms with Crippen LogP contribution in [0.3, 0.4) is 0 Å². The van der Waals surface area contributed by atoms with E-state index in [2.05, 4.69) is 0 Å². The average molecular weight is 250 g/mol. The van der Waals surface area contributed by atoms with E-state index in [1.807, 2.05) is 0 Å². The van der Waals surface area contributed by atoms with E-state index in [-0.39, 0.29) is 4.75 Å². The third kappa shape index (κ3) is 4.48. The zero-order valence-electron chi connectivity index (χ0n) is 4.90. The third-order valence-electron chi connectivity index (χ3n) is 1.01. The van der Waals surface area contributed by atoms with Crippen LogP contribution >= 0.6 is 30.0 Å². The molecule has 54 valence electrons. The van der Waals surface area contributed by atoms with Gasteiger partial charge in [-0.2, -0.15) is 0 Å². The molecule has 0 bridgehead atoms. The van der Waals surface area contributed by atoms with Crippen LogP contribution in [0.2, 0.25) is 4.75 Å². The molecule has 0 aliphatic carbocycles. The van der Waals surface area contributed by atoms with Crippen LogP contribution in [-0.2, 0) is 4.79 Å². The van der Waals surface area contributed by atoms with Gasteiger partial charge in [0.05, 0.1) is 0 Å². The number of carbonyl (C=O) groups is 1. The summed E-state index contributed by atoms with van der Waals surface area (Å²) < 4.78 is -0.0208. The van der Waals surface area contributed by atoms with Gasteiger partial charge >= 0.3 is 69.7 Å². The summed E-state index contributed by atoms with van der Waals surface area (Å²) in [5.74, 6) is 0. The van der Waals surface area contributed by atoms with Crippen molar-refractivity contribution in [1.29, 1.82) is 0 Å². The minimum absolute atomic E-state index is 0.0208. The summed E-state index contributed by atoms with van der Waals surface area (Å²) in [5, 5.41) is 0. The molecular weight excluding hydrogens is 243 g/mol. The Kier molecular flexibility index (Phi) is 4.55. The van der Waals surface area contributed by atoms with Crippen molar-refractivity contribution in [1.82, 2.24) is 0 Å². The van der Waals surface area contributed by atoms with Gasteiger partial charge in [-0.15, -0.1) is 0 Å². The fourth-order valence-corrected chi connectivity index (χ4v) is 2.43. The molecule has 1 unspecified atom stereocenters. The van der Waals surface area contributed by atoms with E-state index >= 15 is 0 Å². The molecule has 5 heteroatoms. The summed E-state index contributed by atoms with van der Waals surface area (Å²) in [5.41, 5.74) is 0. The second kappa shape index (κ2) is 4.06. The molecule has 0 heterocycles. The van der Waals surface area contributed by atoms with E-state index in [9.17, 15) is 4.79 Å². The van der Waals surface area contributed by atoms with E-state index in [0.717, 1.165) is 6.29 Å². The first-order valence-electron chi connectivity index (χ1n) is 2.49. The molecule has 0 radical (unpaired) electrons. The molecule has 0 aromatic rings. The number of hydrogen-bond donors (Lipinski definition) is 0. The molecule has 0 aliphatic rings. The van der Waals surface area contributed by atoms with Crippen molar-refractivity contribution in [3.8, 4) is 0 Å². The van der Waals surface area contributed by atoms with E-state index < -0.39 is 10.5 Å². The van der Waals surface area contributed by atoms with Crippen molar-refractivity contribution in [2.45, 2.75) is 18.1 Å². The normalized spacial score (nSPS) is 15.1. The van der Waals surface area contributed by atoms with Crippen molar-refractivity contribution < 1.29 is 4.79 Å². The summed E-state index contributed by atoms with van der Waals surface area (Å²) >= 11 is 0. The molecule has 0 aromatic carbocycles. The van der Waals surface area contributed by atoms with Crippen LogP contribution in [0, 0.1) is 0 Å². The van der Waals surface area contributed by atoms with Gasteiger partial charge < -0.3 is 0 Å². The van der Waals surface area contributed by atoms with Crippen molar-refractivity contribution in [2.75, 3.05) is 0 Å². The first-order valence-corrected chi connectivity index (χ1v) is 12.0. The van der Waals surface area contributed by atoms with E-state index in [0.29, 0.717) is 6.42 Å². The zero-order chi connectivity index (χ0) is 7.49. The maximum atomic E-state index is 9.92. The molecule has 0 amide bonds. The van der Waals surface area contributed by atoms with Crippen LogP contribution in [-0.4, -0.2) is 16.8 Å². The maximum absolute atomic E-state index is 9.92. The van der Waals surface area contributed by atoms with Crippen LogP contribution in [0.1, 0.15) is 13.3 Å². The molecule has 0 fully saturated rings. The van der Waals surface area contributed by atoms with E-state index in [1.165, 1.54) is 0 Å². The molecule has 9 heavy (non-hydrogen) atoms. The second-order valence-electron chi connectivity index (χ2n) is 1.85. The summed E-state index contributed by atoms with van der Waals surface area (Å²) in [4.78, 5) is 9.92. The van der Waals surface area contributed by atoms with Crippen molar-refractivity contribution in [3.63, 3.8) is 0 Å². The molecule has 0 saturated heterocycles. The second-order valence-corrected chi connectivity index (χ2v) is 18.5. The number of aldehydes is 1. The molecule has 0 aliphatic heterocycles. The molecule has 1 nitrogen and oxygen atoms in total. The van der Waals surface area contributed by atoms with Gasteiger partial charge in [0.1, 0.15) is 0 Å². The Bertz CT molecular complexity index is 100. The Morgan fingerprint density at radius 2 is 2.00 bits per heavy atom.